The number of benzene rings is 1. The summed E-state index contributed by atoms with van der Waals surface area (Å²) in [6.07, 6.45) is 1.17. The molecule has 1 aliphatic heterocycles. The summed E-state index contributed by atoms with van der Waals surface area (Å²) in [6.45, 7) is 8.99. The molecule has 106 valence electrons. The molecule has 2 rings (SSSR count). The summed E-state index contributed by atoms with van der Waals surface area (Å²) in [5.41, 5.74) is 1.30. The molecule has 1 aromatic carbocycles. The van der Waals surface area contributed by atoms with Gasteiger partial charge in [-0.3, -0.25) is 0 Å². The molecule has 0 aliphatic carbocycles. The van der Waals surface area contributed by atoms with Gasteiger partial charge in [-0.05, 0) is 50.8 Å². The van der Waals surface area contributed by atoms with Crippen molar-refractivity contribution in [1.29, 1.82) is 0 Å². The second kappa shape index (κ2) is 6.92. The minimum atomic E-state index is 0.353. The minimum absolute atomic E-state index is 0.353. The molecular formula is C16H25NO2. The summed E-state index contributed by atoms with van der Waals surface area (Å²) in [4.78, 5) is 0. The van der Waals surface area contributed by atoms with Crippen molar-refractivity contribution in [3.63, 3.8) is 0 Å². The molecule has 0 saturated carbocycles. The van der Waals surface area contributed by atoms with E-state index in [2.05, 4.69) is 31.3 Å². The van der Waals surface area contributed by atoms with E-state index in [4.69, 9.17) is 9.47 Å². The fourth-order valence-corrected chi connectivity index (χ4v) is 2.59. The molecule has 1 heterocycles. The second-order valence-electron chi connectivity index (χ2n) is 5.30. The number of ether oxygens (including phenoxy) is 2. The molecule has 1 aliphatic rings. The molecule has 3 heteroatoms. The van der Waals surface area contributed by atoms with E-state index in [1.807, 2.05) is 19.1 Å². The molecule has 0 radical (unpaired) electrons. The van der Waals surface area contributed by atoms with E-state index in [9.17, 15) is 0 Å². The number of hydrogen-bond acceptors (Lipinski definition) is 3. The van der Waals surface area contributed by atoms with Crippen molar-refractivity contribution in [2.24, 2.45) is 5.92 Å². The number of rotatable bonds is 6. The normalized spacial score (nSPS) is 22.2. The van der Waals surface area contributed by atoms with Crippen LogP contribution in [0.2, 0.25) is 0 Å². The third kappa shape index (κ3) is 3.95. The van der Waals surface area contributed by atoms with Gasteiger partial charge in [0.1, 0.15) is 5.75 Å². The summed E-state index contributed by atoms with van der Waals surface area (Å²) in [5, 5.41) is 3.67. The van der Waals surface area contributed by atoms with Gasteiger partial charge in [-0.2, -0.15) is 0 Å². The van der Waals surface area contributed by atoms with E-state index >= 15 is 0 Å². The van der Waals surface area contributed by atoms with Crippen molar-refractivity contribution in [1.82, 2.24) is 5.32 Å². The van der Waals surface area contributed by atoms with Crippen LogP contribution in [0.15, 0.2) is 24.3 Å². The molecule has 3 unspecified atom stereocenters. The molecule has 0 amide bonds. The van der Waals surface area contributed by atoms with Crippen LogP contribution >= 0.6 is 0 Å². The molecule has 1 fully saturated rings. The van der Waals surface area contributed by atoms with E-state index in [-0.39, 0.29) is 0 Å². The van der Waals surface area contributed by atoms with E-state index in [1.54, 1.807) is 0 Å². The average Bonchev–Trinajstić information content (AvgIpc) is 2.94. The molecule has 0 bridgehead atoms. The molecule has 0 spiro atoms. The van der Waals surface area contributed by atoms with Gasteiger partial charge in [-0.25, -0.2) is 0 Å². The van der Waals surface area contributed by atoms with E-state index < -0.39 is 0 Å². The Morgan fingerprint density at radius 2 is 2.05 bits per heavy atom. The predicted molar refractivity (Wildman–Crippen MR) is 77.5 cm³/mol. The lowest BCUT2D eigenvalue weighted by Gasteiger charge is -2.24. The lowest BCUT2D eigenvalue weighted by Crippen LogP contribution is -2.35. The van der Waals surface area contributed by atoms with Crippen LogP contribution in [0, 0.1) is 5.92 Å². The Hall–Kier alpha value is -1.06. The molecule has 19 heavy (non-hydrogen) atoms. The molecule has 1 saturated heterocycles. The Balaban J connectivity index is 1.89. The maximum Gasteiger partial charge on any atom is 0.119 e. The van der Waals surface area contributed by atoms with Crippen LogP contribution in [-0.2, 0) is 4.74 Å². The van der Waals surface area contributed by atoms with Gasteiger partial charge >= 0.3 is 0 Å². The summed E-state index contributed by atoms with van der Waals surface area (Å²) in [5.74, 6) is 1.58. The van der Waals surface area contributed by atoms with Crippen LogP contribution in [-0.4, -0.2) is 25.9 Å². The van der Waals surface area contributed by atoms with Gasteiger partial charge in [0, 0.05) is 18.7 Å². The first-order valence-electron chi connectivity index (χ1n) is 7.27. The highest BCUT2D eigenvalue weighted by Gasteiger charge is 2.23. The molecule has 3 nitrogen and oxygen atoms in total. The van der Waals surface area contributed by atoms with Crippen molar-refractivity contribution >= 4 is 0 Å². The molecule has 3 atom stereocenters. The summed E-state index contributed by atoms with van der Waals surface area (Å²) in [6, 6.07) is 9.21. The largest absolute Gasteiger partial charge is 0.494 e. The van der Waals surface area contributed by atoms with E-state index in [1.165, 1.54) is 12.0 Å². The molecular weight excluding hydrogens is 238 g/mol. The Bertz CT molecular complexity index is 371. The van der Waals surface area contributed by atoms with Gasteiger partial charge in [0.25, 0.3) is 0 Å². The fraction of sp³-hybridized carbons (Fsp3) is 0.625. The Labute approximate surface area is 116 Å². The van der Waals surface area contributed by atoms with Crippen LogP contribution in [0.25, 0.3) is 0 Å². The predicted octanol–water partition coefficient (Wildman–Crippen LogP) is 3.16. The lowest BCUT2D eigenvalue weighted by molar-refractivity contribution is 0.177. The quantitative estimate of drug-likeness (QED) is 0.855. The topological polar surface area (TPSA) is 30.5 Å². The maximum atomic E-state index is 5.47. The molecule has 1 aromatic rings. The van der Waals surface area contributed by atoms with Crippen molar-refractivity contribution in [3.8, 4) is 5.75 Å². The smallest absolute Gasteiger partial charge is 0.119 e. The lowest BCUT2D eigenvalue weighted by atomic mass is 9.98. The van der Waals surface area contributed by atoms with Gasteiger partial charge in [-0.1, -0.05) is 12.1 Å². The highest BCUT2D eigenvalue weighted by Crippen LogP contribution is 2.21. The summed E-state index contributed by atoms with van der Waals surface area (Å²) < 4.78 is 10.9. The third-order valence-electron chi connectivity index (χ3n) is 3.88. The highest BCUT2D eigenvalue weighted by atomic mass is 16.5. The number of nitrogens with one attached hydrogen (secondary N) is 1. The standard InChI is InChI=1S/C16H25NO2/c1-4-19-16-7-5-14(6-8-16)12(2)17-13(3)15-9-10-18-11-15/h5-8,12-13,15,17H,4,9-11H2,1-3H3. The first-order valence-corrected chi connectivity index (χ1v) is 7.27. The van der Waals surface area contributed by atoms with Crippen molar-refractivity contribution in [2.45, 2.75) is 39.3 Å². The van der Waals surface area contributed by atoms with Crippen LogP contribution < -0.4 is 10.1 Å². The van der Waals surface area contributed by atoms with Crippen molar-refractivity contribution in [2.75, 3.05) is 19.8 Å². The first kappa shape index (κ1) is 14.4. The zero-order valence-corrected chi connectivity index (χ0v) is 12.2. The van der Waals surface area contributed by atoms with Gasteiger partial charge in [0.15, 0.2) is 0 Å². The highest BCUT2D eigenvalue weighted by molar-refractivity contribution is 5.29. The SMILES string of the molecule is CCOc1ccc(C(C)NC(C)C2CCOC2)cc1. The maximum absolute atomic E-state index is 5.47. The molecule has 0 aromatic heterocycles. The van der Waals surface area contributed by atoms with Crippen LogP contribution in [0.4, 0.5) is 0 Å². The summed E-state index contributed by atoms with van der Waals surface area (Å²) >= 11 is 0. The van der Waals surface area contributed by atoms with Crippen molar-refractivity contribution in [3.05, 3.63) is 29.8 Å². The zero-order chi connectivity index (χ0) is 13.7. The van der Waals surface area contributed by atoms with E-state index in [0.717, 1.165) is 19.0 Å². The average molecular weight is 263 g/mol. The third-order valence-corrected chi connectivity index (χ3v) is 3.88. The van der Waals surface area contributed by atoms with Gasteiger partial charge in [0.05, 0.1) is 13.2 Å². The minimum Gasteiger partial charge on any atom is -0.494 e. The Kier molecular flexibility index (Phi) is 5.23. The summed E-state index contributed by atoms with van der Waals surface area (Å²) in [7, 11) is 0. The van der Waals surface area contributed by atoms with Crippen LogP contribution in [0.5, 0.6) is 5.75 Å². The molecule has 1 N–H and O–H groups in total. The first-order chi connectivity index (χ1) is 9.20. The fourth-order valence-electron chi connectivity index (χ4n) is 2.59. The number of hydrogen-bond donors (Lipinski definition) is 1. The van der Waals surface area contributed by atoms with Crippen LogP contribution in [0.1, 0.15) is 38.8 Å². The van der Waals surface area contributed by atoms with E-state index in [0.29, 0.717) is 24.6 Å². The van der Waals surface area contributed by atoms with Crippen molar-refractivity contribution < 1.29 is 9.47 Å². The Morgan fingerprint density at radius 3 is 2.63 bits per heavy atom. The van der Waals surface area contributed by atoms with Gasteiger partial charge < -0.3 is 14.8 Å². The Morgan fingerprint density at radius 1 is 1.32 bits per heavy atom. The van der Waals surface area contributed by atoms with Crippen LogP contribution in [0.3, 0.4) is 0 Å². The van der Waals surface area contributed by atoms with Gasteiger partial charge in [-0.15, -0.1) is 0 Å². The second-order valence-corrected chi connectivity index (χ2v) is 5.30. The zero-order valence-electron chi connectivity index (χ0n) is 12.2. The van der Waals surface area contributed by atoms with Gasteiger partial charge in [0.2, 0.25) is 0 Å². The monoisotopic (exact) mass is 263 g/mol.